The Morgan fingerprint density at radius 3 is 2.72 bits per heavy atom. The number of pyridine rings is 1. The molecule has 0 radical (unpaired) electrons. The SMILES string of the molecule is O=C(CC12CCCCC1C2(F)F)Nc1ncccc1-c1ccccc1. The quantitative estimate of drug-likeness (QED) is 0.858. The standard InChI is InChI=1S/C20H20F2N2O/c21-20(22)16-10-4-5-11-19(16,20)13-17(25)24-18-15(9-6-12-23-18)14-7-2-1-3-8-14/h1-3,6-9,12,16H,4-5,10-11,13H2,(H,23,24,25). The lowest BCUT2D eigenvalue weighted by atomic mass is 9.85. The number of carbonyl (C=O) groups excluding carboxylic acids is 1. The molecule has 130 valence electrons. The highest BCUT2D eigenvalue weighted by Crippen LogP contribution is 2.73. The summed E-state index contributed by atoms with van der Waals surface area (Å²) in [7, 11) is 0. The summed E-state index contributed by atoms with van der Waals surface area (Å²) in [5.74, 6) is -3.28. The predicted octanol–water partition coefficient (Wildman–Crippen LogP) is 4.90. The maximum atomic E-state index is 14.2. The molecule has 5 heteroatoms. The number of rotatable bonds is 4. The average molecular weight is 342 g/mol. The Kier molecular flexibility index (Phi) is 3.82. The molecule has 3 nitrogen and oxygen atoms in total. The van der Waals surface area contributed by atoms with Crippen LogP contribution in [0.15, 0.2) is 48.7 Å². The largest absolute Gasteiger partial charge is 0.310 e. The molecule has 2 aliphatic carbocycles. The van der Waals surface area contributed by atoms with Gasteiger partial charge in [0.05, 0.1) is 5.41 Å². The monoisotopic (exact) mass is 342 g/mol. The Morgan fingerprint density at radius 1 is 1.16 bits per heavy atom. The van der Waals surface area contributed by atoms with Gasteiger partial charge >= 0.3 is 0 Å². The molecule has 0 aliphatic heterocycles. The number of alkyl halides is 2. The first-order chi connectivity index (χ1) is 12.0. The van der Waals surface area contributed by atoms with Crippen LogP contribution in [0.25, 0.3) is 11.1 Å². The summed E-state index contributed by atoms with van der Waals surface area (Å²) >= 11 is 0. The van der Waals surface area contributed by atoms with Crippen molar-refractivity contribution in [3.63, 3.8) is 0 Å². The van der Waals surface area contributed by atoms with Crippen LogP contribution >= 0.6 is 0 Å². The number of anilines is 1. The summed E-state index contributed by atoms with van der Waals surface area (Å²) < 4.78 is 28.4. The van der Waals surface area contributed by atoms with E-state index in [-0.39, 0.29) is 12.3 Å². The highest BCUT2D eigenvalue weighted by atomic mass is 19.3. The van der Waals surface area contributed by atoms with Gasteiger partial charge in [-0.25, -0.2) is 13.8 Å². The Bertz CT molecular complexity index is 793. The molecule has 2 fully saturated rings. The fraction of sp³-hybridized carbons (Fsp3) is 0.400. The molecule has 25 heavy (non-hydrogen) atoms. The molecule has 1 N–H and O–H groups in total. The van der Waals surface area contributed by atoms with Crippen LogP contribution in [0.1, 0.15) is 32.1 Å². The van der Waals surface area contributed by atoms with Crippen LogP contribution in [0.3, 0.4) is 0 Å². The average Bonchev–Trinajstić information content (AvgIpc) is 3.11. The van der Waals surface area contributed by atoms with E-state index < -0.39 is 17.3 Å². The number of nitrogens with one attached hydrogen (secondary N) is 1. The molecule has 1 heterocycles. The zero-order chi connectivity index (χ0) is 17.5. The second-order valence-corrected chi connectivity index (χ2v) is 7.07. The van der Waals surface area contributed by atoms with Gasteiger partial charge in [0.25, 0.3) is 5.92 Å². The number of amides is 1. The van der Waals surface area contributed by atoms with Crippen molar-refractivity contribution in [1.82, 2.24) is 4.98 Å². The van der Waals surface area contributed by atoms with Gasteiger partial charge in [-0.05, 0) is 30.5 Å². The van der Waals surface area contributed by atoms with E-state index in [2.05, 4.69) is 10.3 Å². The molecule has 4 rings (SSSR count). The summed E-state index contributed by atoms with van der Waals surface area (Å²) in [6, 6.07) is 13.2. The zero-order valence-electron chi connectivity index (χ0n) is 13.8. The smallest absolute Gasteiger partial charge is 0.258 e. The molecule has 2 atom stereocenters. The number of fused-ring (bicyclic) bond motifs is 1. The van der Waals surface area contributed by atoms with E-state index >= 15 is 0 Å². The minimum Gasteiger partial charge on any atom is -0.310 e. The van der Waals surface area contributed by atoms with Crippen LogP contribution in [0, 0.1) is 11.3 Å². The molecule has 1 amide bonds. The maximum Gasteiger partial charge on any atom is 0.258 e. The van der Waals surface area contributed by atoms with Gasteiger partial charge in [0.1, 0.15) is 5.82 Å². The summed E-state index contributed by atoms with van der Waals surface area (Å²) in [4.78, 5) is 16.7. The van der Waals surface area contributed by atoms with Gasteiger partial charge in [0, 0.05) is 24.1 Å². The van der Waals surface area contributed by atoms with Crippen LogP contribution < -0.4 is 5.32 Å². The maximum absolute atomic E-state index is 14.2. The van der Waals surface area contributed by atoms with Crippen molar-refractivity contribution in [2.24, 2.45) is 11.3 Å². The fourth-order valence-corrected chi connectivity index (χ4v) is 4.33. The molecule has 0 saturated heterocycles. The van der Waals surface area contributed by atoms with E-state index in [1.54, 1.807) is 12.3 Å². The van der Waals surface area contributed by atoms with Crippen molar-refractivity contribution >= 4 is 11.7 Å². The van der Waals surface area contributed by atoms with Crippen LogP contribution in [-0.4, -0.2) is 16.8 Å². The van der Waals surface area contributed by atoms with Gasteiger partial charge in [0.2, 0.25) is 5.91 Å². The van der Waals surface area contributed by atoms with E-state index in [0.29, 0.717) is 18.7 Å². The molecular weight excluding hydrogens is 322 g/mol. The van der Waals surface area contributed by atoms with Crippen LogP contribution in [0.4, 0.5) is 14.6 Å². The highest BCUT2D eigenvalue weighted by molar-refractivity contribution is 5.94. The molecule has 0 bridgehead atoms. The molecule has 0 spiro atoms. The van der Waals surface area contributed by atoms with Crippen LogP contribution in [0.2, 0.25) is 0 Å². The van der Waals surface area contributed by atoms with Crippen LogP contribution in [0.5, 0.6) is 0 Å². The van der Waals surface area contributed by atoms with Crippen molar-refractivity contribution in [1.29, 1.82) is 0 Å². The third-order valence-electron chi connectivity index (χ3n) is 5.68. The topological polar surface area (TPSA) is 42.0 Å². The number of carbonyl (C=O) groups is 1. The van der Waals surface area contributed by atoms with Crippen molar-refractivity contribution < 1.29 is 13.6 Å². The van der Waals surface area contributed by atoms with Crippen molar-refractivity contribution in [3.05, 3.63) is 48.7 Å². The third-order valence-corrected chi connectivity index (χ3v) is 5.68. The Hall–Kier alpha value is -2.30. The summed E-state index contributed by atoms with van der Waals surface area (Å²) in [5.41, 5.74) is 0.588. The van der Waals surface area contributed by atoms with E-state index in [1.807, 2.05) is 36.4 Å². The fourth-order valence-electron chi connectivity index (χ4n) is 4.33. The second kappa shape index (κ2) is 5.90. The van der Waals surface area contributed by atoms with Crippen molar-refractivity contribution in [2.45, 2.75) is 38.0 Å². The molecule has 2 unspecified atom stereocenters. The van der Waals surface area contributed by atoms with Crippen LogP contribution in [-0.2, 0) is 4.79 Å². The number of nitrogens with zero attached hydrogens (tertiary/aromatic N) is 1. The first kappa shape index (κ1) is 16.2. The minimum absolute atomic E-state index is 0.129. The number of hydrogen-bond donors (Lipinski definition) is 1. The Morgan fingerprint density at radius 2 is 1.96 bits per heavy atom. The lowest BCUT2D eigenvalue weighted by molar-refractivity contribution is -0.118. The van der Waals surface area contributed by atoms with Gasteiger partial charge in [-0.2, -0.15) is 0 Å². The molecule has 1 aromatic heterocycles. The number of aromatic nitrogens is 1. The first-order valence-electron chi connectivity index (χ1n) is 8.73. The van der Waals surface area contributed by atoms with E-state index in [4.69, 9.17) is 0 Å². The summed E-state index contributed by atoms with van der Waals surface area (Å²) in [5, 5.41) is 2.76. The van der Waals surface area contributed by atoms with E-state index in [9.17, 15) is 13.6 Å². The van der Waals surface area contributed by atoms with E-state index in [0.717, 1.165) is 24.0 Å². The van der Waals surface area contributed by atoms with Gasteiger partial charge < -0.3 is 5.32 Å². The Balaban J connectivity index is 1.53. The Labute approximate surface area is 145 Å². The number of hydrogen-bond acceptors (Lipinski definition) is 2. The number of benzene rings is 1. The molecule has 2 aromatic rings. The van der Waals surface area contributed by atoms with Gasteiger partial charge in [0.15, 0.2) is 0 Å². The molecule has 2 saturated carbocycles. The van der Waals surface area contributed by atoms with Gasteiger partial charge in [-0.3, -0.25) is 4.79 Å². The second-order valence-electron chi connectivity index (χ2n) is 7.07. The number of halogens is 2. The lowest BCUT2D eigenvalue weighted by Gasteiger charge is -2.20. The summed E-state index contributed by atoms with van der Waals surface area (Å²) in [6.45, 7) is 0. The predicted molar refractivity (Wildman–Crippen MR) is 92.3 cm³/mol. The highest BCUT2D eigenvalue weighted by Gasteiger charge is 2.80. The molecule has 1 aromatic carbocycles. The van der Waals surface area contributed by atoms with Gasteiger partial charge in [-0.1, -0.05) is 43.2 Å². The minimum atomic E-state index is -2.70. The molecule has 2 aliphatic rings. The van der Waals surface area contributed by atoms with Crippen molar-refractivity contribution in [2.75, 3.05) is 5.32 Å². The van der Waals surface area contributed by atoms with E-state index in [1.165, 1.54) is 0 Å². The van der Waals surface area contributed by atoms with Crippen molar-refractivity contribution in [3.8, 4) is 11.1 Å². The molecular formula is C20H20F2N2O. The third kappa shape index (κ3) is 2.62. The lowest BCUT2D eigenvalue weighted by Crippen LogP contribution is -2.23. The first-order valence-corrected chi connectivity index (χ1v) is 8.73. The normalized spacial score (nSPS) is 26.6. The van der Waals surface area contributed by atoms with Gasteiger partial charge in [-0.15, -0.1) is 0 Å². The zero-order valence-corrected chi connectivity index (χ0v) is 13.8. The summed E-state index contributed by atoms with van der Waals surface area (Å²) in [6.07, 6.45) is 4.04.